The molecule has 1 aliphatic carbocycles. The minimum Gasteiger partial charge on any atom is -0.481 e. The molecule has 110 valence electrons. The van der Waals surface area contributed by atoms with Crippen molar-refractivity contribution >= 4 is 5.97 Å². The molecule has 2 rings (SSSR count). The third-order valence-electron chi connectivity index (χ3n) is 5.20. The fourth-order valence-electron chi connectivity index (χ4n) is 4.14. The third-order valence-corrected chi connectivity index (χ3v) is 5.20. The van der Waals surface area contributed by atoms with E-state index in [0.717, 1.165) is 43.8 Å². The van der Waals surface area contributed by atoms with E-state index in [0.29, 0.717) is 0 Å². The molecule has 1 saturated carbocycles. The van der Waals surface area contributed by atoms with Crippen molar-refractivity contribution in [3.05, 3.63) is 0 Å². The number of likely N-dealkylation sites (tertiary alicyclic amines) is 1. The average molecular weight is 267 g/mol. The van der Waals surface area contributed by atoms with Crippen molar-refractivity contribution in [1.82, 2.24) is 4.90 Å². The van der Waals surface area contributed by atoms with Crippen molar-refractivity contribution in [3.63, 3.8) is 0 Å². The summed E-state index contributed by atoms with van der Waals surface area (Å²) in [6.45, 7) is 9.42. The Hall–Kier alpha value is -0.570. The van der Waals surface area contributed by atoms with Gasteiger partial charge in [-0.3, -0.25) is 4.79 Å². The molecule has 0 bridgehead atoms. The van der Waals surface area contributed by atoms with Gasteiger partial charge >= 0.3 is 5.97 Å². The van der Waals surface area contributed by atoms with Gasteiger partial charge in [-0.1, -0.05) is 13.8 Å². The van der Waals surface area contributed by atoms with E-state index in [4.69, 9.17) is 0 Å². The molecule has 3 atom stereocenters. The highest BCUT2D eigenvalue weighted by molar-refractivity contribution is 5.74. The molecule has 3 heteroatoms. The van der Waals surface area contributed by atoms with Crippen LogP contribution in [0.3, 0.4) is 0 Å². The van der Waals surface area contributed by atoms with Crippen LogP contribution in [0.15, 0.2) is 0 Å². The van der Waals surface area contributed by atoms with Gasteiger partial charge in [0.1, 0.15) is 0 Å². The van der Waals surface area contributed by atoms with E-state index in [1.807, 2.05) is 6.92 Å². The molecule has 19 heavy (non-hydrogen) atoms. The van der Waals surface area contributed by atoms with E-state index in [-0.39, 0.29) is 0 Å². The van der Waals surface area contributed by atoms with Gasteiger partial charge in [-0.2, -0.15) is 0 Å². The van der Waals surface area contributed by atoms with Crippen LogP contribution >= 0.6 is 0 Å². The summed E-state index contributed by atoms with van der Waals surface area (Å²) in [5, 5.41) is 9.25. The van der Waals surface area contributed by atoms with Gasteiger partial charge in [0.15, 0.2) is 0 Å². The predicted octanol–water partition coefficient (Wildman–Crippen LogP) is 3.25. The number of carboxylic acid groups (broad SMARTS) is 1. The summed E-state index contributed by atoms with van der Waals surface area (Å²) < 4.78 is 0. The molecule has 2 aliphatic rings. The lowest BCUT2D eigenvalue weighted by Gasteiger charge is -2.32. The summed E-state index contributed by atoms with van der Waals surface area (Å²) in [6.07, 6.45) is 6.18. The second-order valence-electron chi connectivity index (χ2n) is 7.46. The van der Waals surface area contributed by atoms with Crippen molar-refractivity contribution in [2.45, 2.75) is 52.9 Å². The van der Waals surface area contributed by atoms with Crippen LogP contribution in [-0.2, 0) is 4.79 Å². The molecular weight excluding hydrogens is 238 g/mol. The molecule has 0 aromatic carbocycles. The van der Waals surface area contributed by atoms with E-state index < -0.39 is 11.4 Å². The van der Waals surface area contributed by atoms with Gasteiger partial charge < -0.3 is 10.0 Å². The summed E-state index contributed by atoms with van der Waals surface area (Å²) in [4.78, 5) is 13.6. The first-order valence-corrected chi connectivity index (χ1v) is 7.85. The normalized spacial score (nSPS) is 40.5. The summed E-state index contributed by atoms with van der Waals surface area (Å²) in [5.74, 6) is 1.97. The van der Waals surface area contributed by atoms with Gasteiger partial charge in [-0.05, 0) is 69.9 Å². The molecule has 0 spiro atoms. The van der Waals surface area contributed by atoms with Gasteiger partial charge in [-0.15, -0.1) is 0 Å². The van der Waals surface area contributed by atoms with Gasteiger partial charge in [0.25, 0.3) is 0 Å². The first-order chi connectivity index (χ1) is 8.89. The smallest absolute Gasteiger partial charge is 0.310 e. The lowest BCUT2D eigenvalue weighted by Crippen LogP contribution is -2.33. The number of carbonyl (C=O) groups is 1. The van der Waals surface area contributed by atoms with Gasteiger partial charge in [0.05, 0.1) is 5.41 Å². The Bertz CT molecular complexity index is 321. The second kappa shape index (κ2) is 5.82. The maximum absolute atomic E-state index is 11.2. The Morgan fingerprint density at radius 2 is 1.89 bits per heavy atom. The van der Waals surface area contributed by atoms with Crippen LogP contribution in [0.5, 0.6) is 0 Å². The van der Waals surface area contributed by atoms with E-state index in [1.165, 1.54) is 25.7 Å². The Labute approximate surface area is 117 Å². The topological polar surface area (TPSA) is 40.5 Å². The van der Waals surface area contributed by atoms with Crippen LogP contribution in [-0.4, -0.2) is 35.6 Å². The molecule has 0 aromatic heterocycles. The monoisotopic (exact) mass is 267 g/mol. The van der Waals surface area contributed by atoms with E-state index in [1.54, 1.807) is 0 Å². The molecule has 2 fully saturated rings. The van der Waals surface area contributed by atoms with Crippen LogP contribution in [0, 0.1) is 23.2 Å². The molecule has 1 heterocycles. The molecule has 0 amide bonds. The minimum atomic E-state index is -0.630. The first kappa shape index (κ1) is 14.8. The molecule has 1 N–H and O–H groups in total. The van der Waals surface area contributed by atoms with Gasteiger partial charge in [0.2, 0.25) is 0 Å². The quantitative estimate of drug-likeness (QED) is 0.850. The summed E-state index contributed by atoms with van der Waals surface area (Å²) in [7, 11) is 0. The Morgan fingerprint density at radius 1 is 1.26 bits per heavy atom. The third kappa shape index (κ3) is 3.71. The molecule has 0 aromatic rings. The Morgan fingerprint density at radius 3 is 2.42 bits per heavy atom. The standard InChI is InChI=1S/C16H29NO2/c1-12-8-13(2)10-14(9-12)4-6-17-7-5-16(3,11-17)15(18)19/h12-14H,4-11H2,1-3H3,(H,18,19). The highest BCUT2D eigenvalue weighted by Crippen LogP contribution is 2.36. The van der Waals surface area contributed by atoms with Gasteiger partial charge in [0, 0.05) is 6.54 Å². The molecule has 1 saturated heterocycles. The van der Waals surface area contributed by atoms with Crippen molar-refractivity contribution in [2.75, 3.05) is 19.6 Å². The summed E-state index contributed by atoms with van der Waals surface area (Å²) >= 11 is 0. The lowest BCUT2D eigenvalue weighted by atomic mass is 9.75. The van der Waals surface area contributed by atoms with Crippen LogP contribution in [0.1, 0.15) is 52.9 Å². The van der Waals surface area contributed by atoms with Crippen molar-refractivity contribution < 1.29 is 9.90 Å². The second-order valence-corrected chi connectivity index (χ2v) is 7.46. The Balaban J connectivity index is 1.76. The minimum absolute atomic E-state index is 0.507. The zero-order chi connectivity index (χ0) is 14.0. The number of nitrogens with zero attached hydrogens (tertiary/aromatic N) is 1. The average Bonchev–Trinajstić information content (AvgIpc) is 2.69. The summed E-state index contributed by atoms with van der Waals surface area (Å²) in [5.41, 5.74) is -0.507. The van der Waals surface area contributed by atoms with Crippen molar-refractivity contribution in [2.24, 2.45) is 23.2 Å². The molecule has 3 unspecified atom stereocenters. The number of hydrogen-bond donors (Lipinski definition) is 1. The van der Waals surface area contributed by atoms with E-state index in [9.17, 15) is 9.90 Å². The van der Waals surface area contributed by atoms with Crippen LogP contribution in [0.25, 0.3) is 0 Å². The molecular formula is C16H29NO2. The van der Waals surface area contributed by atoms with E-state index >= 15 is 0 Å². The highest BCUT2D eigenvalue weighted by atomic mass is 16.4. The van der Waals surface area contributed by atoms with Crippen LogP contribution in [0.4, 0.5) is 0 Å². The van der Waals surface area contributed by atoms with Crippen LogP contribution in [0.2, 0.25) is 0 Å². The van der Waals surface area contributed by atoms with Crippen molar-refractivity contribution in [3.8, 4) is 0 Å². The fraction of sp³-hybridized carbons (Fsp3) is 0.938. The Kier molecular flexibility index (Phi) is 4.54. The zero-order valence-electron chi connectivity index (χ0n) is 12.7. The first-order valence-electron chi connectivity index (χ1n) is 7.85. The van der Waals surface area contributed by atoms with Crippen molar-refractivity contribution in [1.29, 1.82) is 0 Å². The SMILES string of the molecule is CC1CC(C)CC(CCN2CCC(C)(C(=O)O)C2)C1. The molecule has 0 radical (unpaired) electrons. The highest BCUT2D eigenvalue weighted by Gasteiger charge is 2.40. The number of aliphatic carboxylic acids is 1. The largest absolute Gasteiger partial charge is 0.481 e. The fourth-order valence-corrected chi connectivity index (χ4v) is 4.14. The van der Waals surface area contributed by atoms with Gasteiger partial charge in [-0.25, -0.2) is 0 Å². The maximum atomic E-state index is 11.2. The maximum Gasteiger partial charge on any atom is 0.310 e. The summed E-state index contributed by atoms with van der Waals surface area (Å²) in [6, 6.07) is 0. The lowest BCUT2D eigenvalue weighted by molar-refractivity contribution is -0.147. The number of rotatable bonds is 4. The molecule has 3 nitrogen and oxygen atoms in total. The predicted molar refractivity (Wildman–Crippen MR) is 77.1 cm³/mol. The number of carboxylic acids is 1. The molecule has 1 aliphatic heterocycles. The number of hydrogen-bond acceptors (Lipinski definition) is 2. The zero-order valence-corrected chi connectivity index (χ0v) is 12.7. The van der Waals surface area contributed by atoms with Crippen LogP contribution < -0.4 is 0 Å². The van der Waals surface area contributed by atoms with E-state index in [2.05, 4.69) is 18.7 Å².